The summed E-state index contributed by atoms with van der Waals surface area (Å²) in [6, 6.07) is 8.11. The third kappa shape index (κ3) is 3.65. The zero-order chi connectivity index (χ0) is 19.9. The minimum atomic E-state index is -0.254. The summed E-state index contributed by atoms with van der Waals surface area (Å²) in [5.41, 5.74) is 2.95. The standard InChI is InChI=1S/C22H26N2O2S2/c1-5-6-10-27-21-23-19-18(16-12-22(3,4)26-13-17(16)28-19)20(25)24(21)15-9-7-8-14(2)11-15/h7-9,11H,5-6,10,12-13H2,1-4H3. The minimum absolute atomic E-state index is 0.0461. The highest BCUT2D eigenvalue weighted by Gasteiger charge is 2.31. The van der Waals surface area contributed by atoms with Crippen molar-refractivity contribution >= 4 is 33.3 Å². The molecule has 0 bridgehead atoms. The number of hydrogen-bond donors (Lipinski definition) is 0. The van der Waals surface area contributed by atoms with Crippen LogP contribution in [0.3, 0.4) is 0 Å². The Hall–Kier alpha value is -1.63. The highest BCUT2D eigenvalue weighted by atomic mass is 32.2. The minimum Gasteiger partial charge on any atom is -0.370 e. The number of thiophene rings is 1. The molecule has 28 heavy (non-hydrogen) atoms. The number of fused-ring (bicyclic) bond motifs is 3. The molecule has 0 fully saturated rings. The van der Waals surface area contributed by atoms with Crippen LogP contribution in [0.15, 0.2) is 34.2 Å². The predicted octanol–water partition coefficient (Wildman–Crippen LogP) is 5.50. The largest absolute Gasteiger partial charge is 0.370 e. The number of rotatable bonds is 5. The Bertz CT molecular complexity index is 1080. The van der Waals surface area contributed by atoms with Crippen molar-refractivity contribution in [1.29, 1.82) is 0 Å². The van der Waals surface area contributed by atoms with Gasteiger partial charge in [0.05, 0.1) is 23.3 Å². The van der Waals surface area contributed by atoms with E-state index < -0.39 is 0 Å². The van der Waals surface area contributed by atoms with E-state index in [1.165, 1.54) is 0 Å². The van der Waals surface area contributed by atoms with Crippen molar-refractivity contribution in [2.45, 2.75) is 64.3 Å². The van der Waals surface area contributed by atoms with Crippen molar-refractivity contribution in [2.24, 2.45) is 0 Å². The zero-order valence-corrected chi connectivity index (χ0v) is 18.5. The van der Waals surface area contributed by atoms with Gasteiger partial charge < -0.3 is 4.74 Å². The average Bonchev–Trinajstić information content (AvgIpc) is 2.98. The molecule has 2 aromatic heterocycles. The van der Waals surface area contributed by atoms with Crippen LogP contribution in [0.25, 0.3) is 15.9 Å². The molecular weight excluding hydrogens is 388 g/mol. The van der Waals surface area contributed by atoms with Crippen LogP contribution >= 0.6 is 23.1 Å². The van der Waals surface area contributed by atoms with Crippen LogP contribution in [-0.4, -0.2) is 20.9 Å². The number of benzene rings is 1. The van der Waals surface area contributed by atoms with Gasteiger partial charge in [0.2, 0.25) is 0 Å². The van der Waals surface area contributed by atoms with Crippen LogP contribution in [0.2, 0.25) is 0 Å². The second-order valence-corrected chi connectivity index (χ2v) is 10.1. The summed E-state index contributed by atoms with van der Waals surface area (Å²) in [4.78, 5) is 20.7. The molecule has 0 spiro atoms. The van der Waals surface area contributed by atoms with Gasteiger partial charge in [0, 0.05) is 17.1 Å². The first kappa shape index (κ1) is 19.7. The van der Waals surface area contributed by atoms with E-state index >= 15 is 0 Å². The van der Waals surface area contributed by atoms with E-state index in [4.69, 9.17) is 9.72 Å². The lowest BCUT2D eigenvalue weighted by Gasteiger charge is -2.29. The van der Waals surface area contributed by atoms with Crippen molar-refractivity contribution < 1.29 is 4.74 Å². The Labute approximate surface area is 174 Å². The summed E-state index contributed by atoms with van der Waals surface area (Å²) < 4.78 is 7.78. The molecule has 4 nitrogen and oxygen atoms in total. The van der Waals surface area contributed by atoms with E-state index in [9.17, 15) is 4.79 Å². The lowest BCUT2D eigenvalue weighted by molar-refractivity contribution is -0.0379. The van der Waals surface area contributed by atoms with Crippen molar-refractivity contribution in [1.82, 2.24) is 9.55 Å². The summed E-state index contributed by atoms with van der Waals surface area (Å²) in [6.45, 7) is 8.96. The summed E-state index contributed by atoms with van der Waals surface area (Å²) in [5, 5.41) is 1.56. The fourth-order valence-corrected chi connectivity index (χ4v) is 5.81. The summed E-state index contributed by atoms with van der Waals surface area (Å²) >= 11 is 3.29. The molecule has 148 valence electrons. The summed E-state index contributed by atoms with van der Waals surface area (Å²) in [7, 11) is 0. The van der Waals surface area contributed by atoms with Crippen molar-refractivity contribution in [2.75, 3.05) is 5.75 Å². The Morgan fingerprint density at radius 1 is 1.36 bits per heavy atom. The van der Waals surface area contributed by atoms with Gasteiger partial charge in [-0.25, -0.2) is 4.98 Å². The number of unbranched alkanes of at least 4 members (excludes halogenated alkanes) is 1. The van der Waals surface area contributed by atoms with E-state index in [0.29, 0.717) is 6.61 Å². The van der Waals surface area contributed by atoms with Gasteiger partial charge in [0.25, 0.3) is 5.56 Å². The van der Waals surface area contributed by atoms with Crippen LogP contribution < -0.4 is 5.56 Å². The van der Waals surface area contributed by atoms with Crippen LogP contribution in [0, 0.1) is 6.92 Å². The topological polar surface area (TPSA) is 44.1 Å². The molecule has 0 unspecified atom stereocenters. The summed E-state index contributed by atoms with van der Waals surface area (Å²) in [6.07, 6.45) is 2.98. The zero-order valence-electron chi connectivity index (χ0n) is 16.9. The van der Waals surface area contributed by atoms with E-state index in [2.05, 4.69) is 39.8 Å². The molecule has 0 aliphatic carbocycles. The molecule has 1 aliphatic heterocycles. The van der Waals surface area contributed by atoms with Gasteiger partial charge in [0.1, 0.15) is 4.83 Å². The maximum atomic E-state index is 13.7. The molecule has 0 saturated carbocycles. The first-order chi connectivity index (χ1) is 13.4. The van der Waals surface area contributed by atoms with E-state index in [0.717, 1.165) is 62.1 Å². The molecule has 1 aromatic carbocycles. The van der Waals surface area contributed by atoms with Gasteiger partial charge in [-0.15, -0.1) is 11.3 Å². The quantitative estimate of drug-likeness (QED) is 0.314. The fourth-order valence-electron chi connectivity index (χ4n) is 3.57. The van der Waals surface area contributed by atoms with E-state index in [1.807, 2.05) is 16.7 Å². The number of aryl methyl sites for hydroxylation is 1. The highest BCUT2D eigenvalue weighted by Crippen LogP contribution is 2.38. The van der Waals surface area contributed by atoms with Crippen molar-refractivity contribution in [3.8, 4) is 5.69 Å². The highest BCUT2D eigenvalue weighted by molar-refractivity contribution is 7.99. The molecule has 1 aliphatic rings. The molecule has 0 N–H and O–H groups in total. The molecule has 3 heterocycles. The molecule has 0 amide bonds. The molecule has 0 radical (unpaired) electrons. The lowest BCUT2D eigenvalue weighted by atomic mass is 9.94. The normalized spacial score (nSPS) is 15.7. The number of thioether (sulfide) groups is 1. The van der Waals surface area contributed by atoms with Crippen LogP contribution in [0.5, 0.6) is 0 Å². The van der Waals surface area contributed by atoms with Crippen molar-refractivity contribution in [3.63, 3.8) is 0 Å². The third-order valence-corrected chi connectivity index (χ3v) is 7.19. The molecular formula is C22H26N2O2S2. The SMILES string of the molecule is CCCCSc1nc2sc3c(c2c(=O)n1-c1cccc(C)c1)CC(C)(C)OC3. The first-order valence-corrected chi connectivity index (χ1v) is 11.6. The molecule has 0 atom stereocenters. The Morgan fingerprint density at radius 2 is 2.18 bits per heavy atom. The monoisotopic (exact) mass is 414 g/mol. The number of nitrogens with zero attached hydrogens (tertiary/aromatic N) is 2. The smallest absolute Gasteiger partial charge is 0.267 e. The second-order valence-electron chi connectivity index (χ2n) is 7.99. The second kappa shape index (κ2) is 7.65. The van der Waals surface area contributed by atoms with E-state index in [1.54, 1.807) is 23.1 Å². The number of ether oxygens (including phenoxy) is 1. The van der Waals surface area contributed by atoms with Gasteiger partial charge in [0.15, 0.2) is 5.16 Å². The maximum absolute atomic E-state index is 13.7. The van der Waals surface area contributed by atoms with Crippen LogP contribution in [0.1, 0.15) is 49.6 Å². The molecule has 0 saturated heterocycles. The van der Waals surface area contributed by atoms with Crippen LogP contribution in [-0.2, 0) is 17.8 Å². The molecule has 4 rings (SSSR count). The maximum Gasteiger partial charge on any atom is 0.267 e. The Morgan fingerprint density at radius 3 is 2.93 bits per heavy atom. The third-order valence-electron chi connectivity index (χ3n) is 5.06. The van der Waals surface area contributed by atoms with E-state index in [-0.39, 0.29) is 11.2 Å². The van der Waals surface area contributed by atoms with Gasteiger partial charge >= 0.3 is 0 Å². The molecule has 3 aromatic rings. The Kier molecular flexibility index (Phi) is 5.38. The van der Waals surface area contributed by atoms with Gasteiger partial charge in [-0.05, 0) is 50.5 Å². The average molecular weight is 415 g/mol. The number of aromatic nitrogens is 2. The van der Waals surface area contributed by atoms with Crippen molar-refractivity contribution in [3.05, 3.63) is 50.6 Å². The lowest BCUT2D eigenvalue weighted by Crippen LogP contribution is -2.32. The molecule has 6 heteroatoms. The number of hydrogen-bond acceptors (Lipinski definition) is 5. The van der Waals surface area contributed by atoms with Crippen LogP contribution in [0.4, 0.5) is 0 Å². The first-order valence-electron chi connectivity index (χ1n) is 9.81. The summed E-state index contributed by atoms with van der Waals surface area (Å²) in [5.74, 6) is 0.960. The predicted molar refractivity (Wildman–Crippen MR) is 118 cm³/mol. The van der Waals surface area contributed by atoms with Gasteiger partial charge in [-0.1, -0.05) is 37.2 Å². The Balaban J connectivity index is 1.95. The fraction of sp³-hybridized carbons (Fsp3) is 0.455. The van der Waals surface area contributed by atoms with Gasteiger partial charge in [-0.3, -0.25) is 9.36 Å². The van der Waals surface area contributed by atoms with Gasteiger partial charge in [-0.2, -0.15) is 0 Å².